The molecule has 1 aromatic rings. The lowest BCUT2D eigenvalue weighted by Crippen LogP contribution is -2.28. The summed E-state index contributed by atoms with van der Waals surface area (Å²) in [7, 11) is 0. The summed E-state index contributed by atoms with van der Waals surface area (Å²) in [5, 5.41) is 8.59. The number of nitrogens with zero attached hydrogens (tertiary/aromatic N) is 1. The Balaban J connectivity index is 2.46. The van der Waals surface area contributed by atoms with E-state index in [4.69, 9.17) is 10.00 Å². The largest absolute Gasteiger partial charge is 0.351 e. The van der Waals surface area contributed by atoms with Gasteiger partial charge < -0.3 is 4.74 Å². The van der Waals surface area contributed by atoms with Gasteiger partial charge in [0.15, 0.2) is 0 Å². The molecule has 64 valence electrons. The lowest BCUT2D eigenvalue weighted by Gasteiger charge is -2.18. The number of Topliss-reactive ketones (excluding diaryl/α,β-unsaturated/α-hetero) is 1. The van der Waals surface area contributed by atoms with Gasteiger partial charge in [-0.15, -0.1) is 0 Å². The highest BCUT2D eigenvalue weighted by Gasteiger charge is 2.27. The summed E-state index contributed by atoms with van der Waals surface area (Å²) in [6.07, 6.45) is -0.921. The second kappa shape index (κ2) is 3.00. The Morgan fingerprint density at radius 3 is 3.00 bits per heavy atom. The van der Waals surface area contributed by atoms with E-state index in [1.54, 1.807) is 12.1 Å². The second-order valence-electron chi connectivity index (χ2n) is 2.84. The van der Waals surface area contributed by atoms with Gasteiger partial charge in [0, 0.05) is 5.56 Å². The Hall–Kier alpha value is -1.66. The number of nitriles is 1. The Bertz CT molecular complexity index is 392. The van der Waals surface area contributed by atoms with Crippen molar-refractivity contribution >= 4 is 5.78 Å². The second-order valence-corrected chi connectivity index (χ2v) is 2.84. The minimum atomic E-state index is -0.921. The number of rotatable bonds is 0. The minimum Gasteiger partial charge on any atom is -0.351 e. The van der Waals surface area contributed by atoms with Gasteiger partial charge in [-0.3, -0.25) is 4.79 Å². The monoisotopic (exact) mass is 173 g/mol. The molecule has 0 bridgehead atoms. The van der Waals surface area contributed by atoms with Crippen LogP contribution in [-0.2, 0) is 11.3 Å². The molecular formula is C10H7NO2. The fourth-order valence-electron chi connectivity index (χ4n) is 1.37. The quantitative estimate of drug-likeness (QED) is 0.594. The molecule has 2 rings (SSSR count). The maximum atomic E-state index is 11.5. The normalized spacial score (nSPS) is 20.5. The van der Waals surface area contributed by atoms with Gasteiger partial charge in [-0.1, -0.05) is 24.3 Å². The van der Waals surface area contributed by atoms with Crippen molar-refractivity contribution in [3.63, 3.8) is 0 Å². The van der Waals surface area contributed by atoms with E-state index >= 15 is 0 Å². The van der Waals surface area contributed by atoms with E-state index in [2.05, 4.69) is 0 Å². The summed E-state index contributed by atoms with van der Waals surface area (Å²) in [4.78, 5) is 11.5. The van der Waals surface area contributed by atoms with Gasteiger partial charge in [0.2, 0.25) is 11.9 Å². The number of hydrogen-bond acceptors (Lipinski definition) is 3. The van der Waals surface area contributed by atoms with E-state index in [0.717, 1.165) is 5.56 Å². The third kappa shape index (κ3) is 1.21. The van der Waals surface area contributed by atoms with E-state index in [1.807, 2.05) is 18.2 Å². The highest BCUT2D eigenvalue weighted by Crippen LogP contribution is 2.19. The Morgan fingerprint density at radius 2 is 2.23 bits per heavy atom. The molecule has 0 spiro atoms. The van der Waals surface area contributed by atoms with Gasteiger partial charge in [-0.2, -0.15) is 5.26 Å². The van der Waals surface area contributed by atoms with E-state index in [9.17, 15) is 4.79 Å². The Morgan fingerprint density at radius 1 is 1.46 bits per heavy atom. The van der Waals surface area contributed by atoms with Crippen LogP contribution in [0.2, 0.25) is 0 Å². The number of carbonyl (C=O) groups excluding carboxylic acids is 1. The van der Waals surface area contributed by atoms with Crippen LogP contribution in [0.5, 0.6) is 0 Å². The van der Waals surface area contributed by atoms with Crippen molar-refractivity contribution in [3.8, 4) is 6.07 Å². The van der Waals surface area contributed by atoms with Crippen LogP contribution in [-0.4, -0.2) is 11.9 Å². The first-order chi connectivity index (χ1) is 6.33. The van der Waals surface area contributed by atoms with Crippen molar-refractivity contribution in [1.82, 2.24) is 0 Å². The SMILES string of the molecule is N#CC1OCc2ccccc2C1=O. The first-order valence-electron chi connectivity index (χ1n) is 3.96. The number of ketones is 1. The molecule has 0 N–H and O–H groups in total. The van der Waals surface area contributed by atoms with Crippen LogP contribution in [0.1, 0.15) is 15.9 Å². The number of carbonyl (C=O) groups is 1. The number of benzene rings is 1. The molecule has 0 saturated heterocycles. The molecule has 1 atom stereocenters. The summed E-state index contributed by atoms with van der Waals surface area (Å²) in [6.45, 7) is 0.347. The van der Waals surface area contributed by atoms with Crippen molar-refractivity contribution in [2.24, 2.45) is 0 Å². The molecule has 1 aromatic carbocycles. The van der Waals surface area contributed by atoms with Crippen molar-refractivity contribution < 1.29 is 9.53 Å². The molecule has 0 fully saturated rings. The zero-order chi connectivity index (χ0) is 9.26. The van der Waals surface area contributed by atoms with Crippen LogP contribution >= 0.6 is 0 Å². The number of hydrogen-bond donors (Lipinski definition) is 0. The van der Waals surface area contributed by atoms with E-state index < -0.39 is 6.10 Å². The third-order valence-electron chi connectivity index (χ3n) is 2.04. The zero-order valence-corrected chi connectivity index (χ0v) is 6.86. The lowest BCUT2D eigenvalue weighted by molar-refractivity contribution is 0.0463. The van der Waals surface area contributed by atoms with Crippen molar-refractivity contribution in [2.45, 2.75) is 12.7 Å². The van der Waals surface area contributed by atoms with Gasteiger partial charge in [0.25, 0.3) is 0 Å². The molecule has 3 nitrogen and oxygen atoms in total. The number of fused-ring (bicyclic) bond motifs is 1. The van der Waals surface area contributed by atoms with Crippen LogP contribution in [0, 0.1) is 11.3 Å². The molecule has 1 unspecified atom stereocenters. The molecular weight excluding hydrogens is 166 g/mol. The maximum Gasteiger partial charge on any atom is 0.206 e. The van der Waals surface area contributed by atoms with Gasteiger partial charge >= 0.3 is 0 Å². The minimum absolute atomic E-state index is 0.232. The van der Waals surface area contributed by atoms with Gasteiger partial charge in [-0.25, -0.2) is 0 Å². The van der Waals surface area contributed by atoms with Crippen LogP contribution in [0.3, 0.4) is 0 Å². The fraction of sp³-hybridized carbons (Fsp3) is 0.200. The van der Waals surface area contributed by atoms with Gasteiger partial charge in [0.05, 0.1) is 6.61 Å². The van der Waals surface area contributed by atoms with Crippen LogP contribution in [0.25, 0.3) is 0 Å². The van der Waals surface area contributed by atoms with E-state index in [1.165, 1.54) is 0 Å². The molecule has 0 amide bonds. The van der Waals surface area contributed by atoms with Crippen molar-refractivity contribution in [3.05, 3.63) is 35.4 Å². The predicted octanol–water partition coefficient (Wildman–Crippen LogP) is 1.29. The molecule has 3 heteroatoms. The highest BCUT2D eigenvalue weighted by molar-refractivity contribution is 6.03. The van der Waals surface area contributed by atoms with Crippen LogP contribution in [0.15, 0.2) is 24.3 Å². The Kier molecular flexibility index (Phi) is 1.84. The molecule has 1 heterocycles. The van der Waals surface area contributed by atoms with Crippen LogP contribution in [0.4, 0.5) is 0 Å². The summed E-state index contributed by atoms with van der Waals surface area (Å²) in [6, 6.07) is 9.02. The van der Waals surface area contributed by atoms with E-state index in [-0.39, 0.29) is 5.78 Å². The average molecular weight is 173 g/mol. The fourth-order valence-corrected chi connectivity index (χ4v) is 1.37. The summed E-state index contributed by atoms with van der Waals surface area (Å²) >= 11 is 0. The molecule has 0 aromatic heterocycles. The molecule has 1 aliphatic rings. The molecule has 0 aliphatic carbocycles. The van der Waals surface area contributed by atoms with Gasteiger partial charge in [-0.05, 0) is 5.56 Å². The standard InChI is InChI=1S/C10H7NO2/c11-5-9-10(12)8-4-2-1-3-7(8)6-13-9/h1-4,9H,6H2. The topological polar surface area (TPSA) is 50.1 Å². The van der Waals surface area contributed by atoms with Crippen molar-refractivity contribution in [2.75, 3.05) is 0 Å². The zero-order valence-electron chi connectivity index (χ0n) is 6.86. The van der Waals surface area contributed by atoms with Gasteiger partial charge in [0.1, 0.15) is 6.07 Å². The highest BCUT2D eigenvalue weighted by atomic mass is 16.5. The lowest BCUT2D eigenvalue weighted by atomic mass is 9.98. The Labute approximate surface area is 75.6 Å². The maximum absolute atomic E-state index is 11.5. The predicted molar refractivity (Wildman–Crippen MR) is 45.0 cm³/mol. The summed E-state index contributed by atoms with van der Waals surface area (Å²) in [5.41, 5.74) is 1.47. The number of ether oxygens (including phenoxy) is 1. The summed E-state index contributed by atoms with van der Waals surface area (Å²) in [5.74, 6) is -0.232. The smallest absolute Gasteiger partial charge is 0.206 e. The average Bonchev–Trinajstić information content (AvgIpc) is 2.19. The van der Waals surface area contributed by atoms with E-state index in [0.29, 0.717) is 12.2 Å². The molecule has 13 heavy (non-hydrogen) atoms. The molecule has 1 aliphatic heterocycles. The first kappa shape index (κ1) is 7.96. The van der Waals surface area contributed by atoms with Crippen LogP contribution < -0.4 is 0 Å². The summed E-state index contributed by atoms with van der Waals surface area (Å²) < 4.78 is 5.06. The first-order valence-corrected chi connectivity index (χ1v) is 3.96. The molecule has 0 radical (unpaired) electrons. The third-order valence-corrected chi connectivity index (χ3v) is 2.04. The molecule has 0 saturated carbocycles. The van der Waals surface area contributed by atoms with Crippen molar-refractivity contribution in [1.29, 1.82) is 5.26 Å².